The molecule has 3 atom stereocenters. The zero-order valence-corrected chi connectivity index (χ0v) is 16.5. The Hall–Kier alpha value is -2.14. The molecule has 4 bridgehead atoms. The monoisotopic (exact) mass is 381 g/mol. The molecule has 1 aromatic heterocycles. The maximum absolute atomic E-state index is 13.2. The Morgan fingerprint density at radius 1 is 1.18 bits per heavy atom. The van der Waals surface area contributed by atoms with E-state index in [2.05, 4.69) is 4.98 Å². The highest BCUT2D eigenvalue weighted by molar-refractivity contribution is 6.11. The van der Waals surface area contributed by atoms with E-state index in [0.717, 1.165) is 48.7 Å². The second kappa shape index (κ2) is 5.93. The number of rotatable bonds is 4. The molecule has 0 radical (unpaired) electrons. The molecule has 4 saturated carbocycles. The summed E-state index contributed by atoms with van der Waals surface area (Å²) in [6, 6.07) is 7.67. The molecule has 148 valence electrons. The second-order valence-corrected chi connectivity index (χ2v) is 9.55. The smallest absolute Gasteiger partial charge is 0.312 e. The first-order chi connectivity index (χ1) is 13.3. The van der Waals surface area contributed by atoms with Crippen LogP contribution < -0.4 is 0 Å². The maximum Gasteiger partial charge on any atom is 0.312 e. The number of carbonyl (C=O) groups excluding carboxylic acids is 2. The SMILES string of the molecule is Cc1[nH]c2ccccc2c1C(=O)[C@@H](C)OC(=O)C12C[C@H]3C[C@@H](CC(O)(C3)C1)C2. The number of carbonyl (C=O) groups is 2. The molecule has 4 aliphatic rings. The average molecular weight is 381 g/mol. The van der Waals surface area contributed by atoms with Crippen molar-refractivity contribution in [3.8, 4) is 0 Å². The third-order valence-corrected chi connectivity index (χ3v) is 7.26. The number of aromatic nitrogens is 1. The Bertz CT molecular complexity index is 960. The van der Waals surface area contributed by atoms with Crippen LogP contribution in [-0.2, 0) is 9.53 Å². The van der Waals surface area contributed by atoms with E-state index in [-0.39, 0.29) is 11.8 Å². The van der Waals surface area contributed by atoms with Gasteiger partial charge in [-0.1, -0.05) is 18.2 Å². The van der Waals surface area contributed by atoms with Crippen LogP contribution >= 0.6 is 0 Å². The number of hydrogen-bond donors (Lipinski definition) is 2. The maximum atomic E-state index is 13.2. The number of benzene rings is 1. The molecular formula is C23H27NO4. The Balaban J connectivity index is 1.38. The molecule has 6 rings (SSSR count). The topological polar surface area (TPSA) is 79.4 Å². The molecule has 4 fully saturated rings. The number of aryl methyl sites for hydroxylation is 1. The number of hydrogen-bond acceptors (Lipinski definition) is 4. The zero-order valence-electron chi connectivity index (χ0n) is 16.5. The number of para-hydroxylation sites is 1. The minimum atomic E-state index is -0.840. The molecule has 1 heterocycles. The van der Waals surface area contributed by atoms with Crippen LogP contribution in [0.25, 0.3) is 10.9 Å². The van der Waals surface area contributed by atoms with Crippen LogP contribution in [0.3, 0.4) is 0 Å². The van der Waals surface area contributed by atoms with Gasteiger partial charge in [-0.25, -0.2) is 0 Å². The van der Waals surface area contributed by atoms with E-state index >= 15 is 0 Å². The molecule has 0 aliphatic heterocycles. The van der Waals surface area contributed by atoms with E-state index < -0.39 is 17.1 Å². The molecule has 0 unspecified atom stereocenters. The molecule has 2 aromatic rings. The highest BCUT2D eigenvalue weighted by Gasteiger charge is 2.61. The molecule has 0 amide bonds. The summed E-state index contributed by atoms with van der Waals surface area (Å²) in [5, 5.41) is 11.7. The summed E-state index contributed by atoms with van der Waals surface area (Å²) in [7, 11) is 0. The van der Waals surface area contributed by atoms with Crippen LogP contribution in [0.4, 0.5) is 0 Å². The lowest BCUT2D eigenvalue weighted by Crippen LogP contribution is -2.58. The average Bonchev–Trinajstić information content (AvgIpc) is 2.94. The third kappa shape index (κ3) is 2.63. The summed E-state index contributed by atoms with van der Waals surface area (Å²) >= 11 is 0. The van der Waals surface area contributed by atoms with Gasteiger partial charge in [0.1, 0.15) is 0 Å². The van der Waals surface area contributed by atoms with Crippen molar-refractivity contribution < 1.29 is 19.4 Å². The quantitative estimate of drug-likeness (QED) is 0.621. The number of ketones is 1. The second-order valence-electron chi connectivity index (χ2n) is 9.55. The van der Waals surface area contributed by atoms with Gasteiger partial charge >= 0.3 is 5.97 Å². The van der Waals surface area contributed by atoms with Gasteiger partial charge in [0.05, 0.1) is 11.0 Å². The highest BCUT2D eigenvalue weighted by atomic mass is 16.5. The Labute approximate surface area is 164 Å². The number of Topliss-reactive ketones (excluding diaryl/α,β-unsaturated/α-hetero) is 1. The van der Waals surface area contributed by atoms with Gasteiger partial charge in [-0.2, -0.15) is 0 Å². The van der Waals surface area contributed by atoms with Gasteiger partial charge in [0.25, 0.3) is 0 Å². The van der Waals surface area contributed by atoms with Crippen molar-refractivity contribution in [2.45, 2.75) is 64.1 Å². The van der Waals surface area contributed by atoms with Crippen LogP contribution in [-0.4, -0.2) is 33.5 Å². The van der Waals surface area contributed by atoms with E-state index in [1.807, 2.05) is 31.2 Å². The lowest BCUT2D eigenvalue weighted by atomic mass is 9.48. The molecule has 5 heteroatoms. The van der Waals surface area contributed by atoms with E-state index in [4.69, 9.17) is 4.74 Å². The Kier molecular flexibility index (Phi) is 3.80. The van der Waals surface area contributed by atoms with Crippen LogP contribution in [0.5, 0.6) is 0 Å². The van der Waals surface area contributed by atoms with Crippen LogP contribution in [0.15, 0.2) is 24.3 Å². The minimum absolute atomic E-state index is 0.174. The number of esters is 1. The number of ether oxygens (including phenoxy) is 1. The van der Waals surface area contributed by atoms with Crippen LogP contribution in [0.1, 0.15) is 61.5 Å². The molecule has 1 aromatic carbocycles. The first-order valence-electron chi connectivity index (χ1n) is 10.3. The minimum Gasteiger partial charge on any atom is -0.454 e. The summed E-state index contributed by atoms with van der Waals surface area (Å²) in [4.78, 5) is 29.5. The largest absolute Gasteiger partial charge is 0.454 e. The molecule has 28 heavy (non-hydrogen) atoms. The molecule has 2 N–H and O–H groups in total. The fraction of sp³-hybridized carbons (Fsp3) is 0.565. The van der Waals surface area contributed by atoms with Crippen molar-refractivity contribution in [2.24, 2.45) is 17.3 Å². The summed E-state index contributed by atoms with van der Waals surface area (Å²) in [5.74, 6) is 0.339. The van der Waals surface area contributed by atoms with Crippen molar-refractivity contribution in [3.05, 3.63) is 35.5 Å². The summed E-state index contributed by atoms with van der Waals surface area (Å²) in [5.41, 5.74) is 0.968. The summed E-state index contributed by atoms with van der Waals surface area (Å²) in [6.45, 7) is 3.53. The molecular weight excluding hydrogens is 354 g/mol. The number of nitrogens with one attached hydrogen (secondary N) is 1. The molecule has 0 saturated heterocycles. The Morgan fingerprint density at radius 2 is 1.86 bits per heavy atom. The van der Waals surface area contributed by atoms with Gasteiger partial charge in [0, 0.05) is 22.2 Å². The fourth-order valence-corrected chi connectivity index (χ4v) is 6.59. The third-order valence-electron chi connectivity index (χ3n) is 7.26. The van der Waals surface area contributed by atoms with Gasteiger partial charge in [0.15, 0.2) is 6.10 Å². The van der Waals surface area contributed by atoms with Crippen molar-refractivity contribution in [3.63, 3.8) is 0 Å². The summed E-state index contributed by atoms with van der Waals surface area (Å²) in [6.07, 6.45) is 3.95. The van der Waals surface area contributed by atoms with Gasteiger partial charge in [-0.05, 0) is 70.3 Å². The van der Waals surface area contributed by atoms with Gasteiger partial charge in [-0.3, -0.25) is 9.59 Å². The van der Waals surface area contributed by atoms with Crippen molar-refractivity contribution >= 4 is 22.7 Å². The number of fused-ring (bicyclic) bond motifs is 1. The van der Waals surface area contributed by atoms with Crippen molar-refractivity contribution in [2.75, 3.05) is 0 Å². The van der Waals surface area contributed by atoms with E-state index in [9.17, 15) is 14.7 Å². The predicted octanol–water partition coefficient (Wildman–Crippen LogP) is 3.92. The van der Waals surface area contributed by atoms with Gasteiger partial charge in [0.2, 0.25) is 5.78 Å². The molecule has 4 aliphatic carbocycles. The van der Waals surface area contributed by atoms with E-state index in [1.54, 1.807) is 6.92 Å². The van der Waals surface area contributed by atoms with Crippen molar-refractivity contribution in [1.82, 2.24) is 4.98 Å². The summed E-state index contributed by atoms with van der Waals surface area (Å²) < 4.78 is 5.76. The van der Waals surface area contributed by atoms with Crippen LogP contribution in [0.2, 0.25) is 0 Å². The van der Waals surface area contributed by atoms with Gasteiger partial charge in [-0.15, -0.1) is 0 Å². The van der Waals surface area contributed by atoms with Gasteiger partial charge < -0.3 is 14.8 Å². The highest BCUT2D eigenvalue weighted by Crippen LogP contribution is 2.62. The lowest BCUT2D eigenvalue weighted by molar-refractivity contribution is -0.197. The van der Waals surface area contributed by atoms with Crippen molar-refractivity contribution in [1.29, 1.82) is 0 Å². The normalized spacial score (nSPS) is 34.5. The zero-order chi connectivity index (χ0) is 19.7. The number of H-pyrrole nitrogens is 1. The first kappa shape index (κ1) is 17.9. The number of aromatic amines is 1. The van der Waals surface area contributed by atoms with Crippen LogP contribution in [0, 0.1) is 24.2 Å². The predicted molar refractivity (Wildman–Crippen MR) is 105 cm³/mol. The fourth-order valence-electron chi connectivity index (χ4n) is 6.59. The number of aliphatic hydroxyl groups is 1. The lowest BCUT2D eigenvalue weighted by Gasteiger charge is -2.58. The van der Waals surface area contributed by atoms with E-state index in [1.165, 1.54) is 0 Å². The van der Waals surface area contributed by atoms with E-state index in [0.29, 0.717) is 23.8 Å². The first-order valence-corrected chi connectivity index (χ1v) is 10.3. The standard InChI is InChI=1S/C23H27NO4/c1-13-19(17-5-3-4-6-18(17)24-13)20(25)14(2)28-21(26)22-8-15-7-16(9-22)11-23(27,10-15)12-22/h3-6,14-16,24,27H,7-12H2,1-2H3/t14-,15-,16-,22?,23?/m1/s1. The molecule has 5 nitrogen and oxygen atoms in total. The Morgan fingerprint density at radius 3 is 2.54 bits per heavy atom. The molecule has 0 spiro atoms.